The van der Waals surface area contributed by atoms with Gasteiger partial charge in [0.05, 0.1) is 5.69 Å². The van der Waals surface area contributed by atoms with Crippen molar-refractivity contribution < 1.29 is 9.18 Å². The van der Waals surface area contributed by atoms with Gasteiger partial charge in [-0.3, -0.25) is 0 Å². The fourth-order valence-corrected chi connectivity index (χ4v) is 4.40. The Morgan fingerprint density at radius 2 is 1.74 bits per heavy atom. The summed E-state index contributed by atoms with van der Waals surface area (Å²) in [6.07, 6.45) is 0. The van der Waals surface area contributed by atoms with Crippen LogP contribution in [0, 0.1) is 5.82 Å². The van der Waals surface area contributed by atoms with Gasteiger partial charge in [0.1, 0.15) is 11.5 Å². The van der Waals surface area contributed by atoms with Gasteiger partial charge in [-0.15, -0.1) is 10.2 Å². The van der Waals surface area contributed by atoms with E-state index in [2.05, 4.69) is 32.5 Å². The number of hydrogen-bond donors (Lipinski definition) is 2. The number of anilines is 3. The van der Waals surface area contributed by atoms with Crippen LogP contribution in [-0.2, 0) is 0 Å². The Morgan fingerprint density at radius 3 is 2.47 bits per heavy atom. The predicted octanol–water partition coefficient (Wildman–Crippen LogP) is 4.76. The topological polar surface area (TPSA) is 87.4 Å². The summed E-state index contributed by atoms with van der Waals surface area (Å²) in [7, 11) is 0. The van der Waals surface area contributed by atoms with Gasteiger partial charge in [0.25, 0.3) is 0 Å². The van der Waals surface area contributed by atoms with Gasteiger partial charge in [-0.2, -0.15) is 0 Å². The Bertz CT molecular complexity index is 1350. The lowest BCUT2D eigenvalue weighted by Gasteiger charge is -2.40. The molecule has 172 valence electrons. The number of amides is 2. The molecule has 2 amide bonds. The largest absolute Gasteiger partial charge is 0.399 e. The minimum Gasteiger partial charge on any atom is -0.399 e. The molecule has 1 aliphatic heterocycles. The number of hydrogen-bond acceptors (Lipinski definition) is 5. The maximum absolute atomic E-state index is 14.1. The third-order valence-corrected chi connectivity index (χ3v) is 6.14. The molecule has 8 heteroatoms. The Balaban J connectivity index is 1.37. The number of nitrogens with one attached hydrogen (secondary N) is 1. The molecule has 0 unspecified atom stereocenters. The highest BCUT2D eigenvalue weighted by molar-refractivity contribution is 6.00. The van der Waals surface area contributed by atoms with Crippen LogP contribution in [0.5, 0.6) is 0 Å². The van der Waals surface area contributed by atoms with Crippen molar-refractivity contribution in [3.05, 3.63) is 78.6 Å². The zero-order valence-corrected chi connectivity index (χ0v) is 18.8. The van der Waals surface area contributed by atoms with Crippen LogP contribution in [-0.4, -0.2) is 46.8 Å². The van der Waals surface area contributed by atoms with Gasteiger partial charge in [0.15, 0.2) is 5.82 Å². The van der Waals surface area contributed by atoms with E-state index < -0.39 is 5.82 Å². The van der Waals surface area contributed by atoms with Gasteiger partial charge in [0, 0.05) is 47.7 Å². The van der Waals surface area contributed by atoms with Crippen LogP contribution in [0.1, 0.15) is 6.92 Å². The minimum absolute atomic E-state index is 0.111. The van der Waals surface area contributed by atoms with E-state index in [1.807, 2.05) is 49.4 Å². The maximum Gasteiger partial charge on any atom is 0.322 e. The van der Waals surface area contributed by atoms with Crippen LogP contribution in [0.3, 0.4) is 0 Å². The molecule has 4 aromatic rings. The number of piperazine rings is 1. The van der Waals surface area contributed by atoms with Crippen LogP contribution in [0.4, 0.5) is 26.4 Å². The van der Waals surface area contributed by atoms with Crippen LogP contribution in [0.25, 0.3) is 22.0 Å². The molecule has 5 rings (SSSR count). The Morgan fingerprint density at radius 1 is 1.00 bits per heavy atom. The summed E-state index contributed by atoms with van der Waals surface area (Å²) in [6.45, 7) is 3.62. The average molecular weight is 457 g/mol. The number of fused-ring (bicyclic) bond motifs is 1. The second kappa shape index (κ2) is 8.97. The summed E-state index contributed by atoms with van der Waals surface area (Å²) in [4.78, 5) is 16.7. The average Bonchev–Trinajstić information content (AvgIpc) is 2.85. The van der Waals surface area contributed by atoms with E-state index in [4.69, 9.17) is 5.73 Å². The number of aromatic nitrogens is 2. The molecule has 0 radical (unpaired) electrons. The second-order valence-corrected chi connectivity index (χ2v) is 8.44. The number of carbonyl (C=O) groups is 1. The fourth-order valence-electron chi connectivity index (χ4n) is 4.40. The fraction of sp³-hybridized carbons (Fsp3) is 0.192. The maximum atomic E-state index is 14.1. The SMILES string of the molecule is C[C@H]1CN(c2nnc(-c3ccccc3)c3ccccc23)CCN1C(=O)Nc1ccc(N)cc1F. The van der Waals surface area contributed by atoms with Crippen molar-refractivity contribution in [1.82, 2.24) is 15.1 Å². The number of rotatable bonds is 3. The number of carbonyl (C=O) groups excluding carboxylic acids is 1. The zero-order valence-electron chi connectivity index (χ0n) is 18.8. The molecule has 1 aliphatic rings. The molecule has 3 aromatic carbocycles. The Labute approximate surface area is 197 Å². The molecular formula is C26H25FN6O. The lowest BCUT2D eigenvalue weighted by molar-refractivity contribution is 0.184. The zero-order chi connectivity index (χ0) is 23.7. The van der Waals surface area contributed by atoms with Gasteiger partial charge in [-0.05, 0) is 25.1 Å². The summed E-state index contributed by atoms with van der Waals surface area (Å²) >= 11 is 0. The third-order valence-electron chi connectivity index (χ3n) is 6.14. The van der Waals surface area contributed by atoms with Gasteiger partial charge < -0.3 is 20.9 Å². The molecule has 1 atom stereocenters. The predicted molar refractivity (Wildman–Crippen MR) is 133 cm³/mol. The molecule has 7 nitrogen and oxygen atoms in total. The van der Waals surface area contributed by atoms with Crippen LogP contribution < -0.4 is 16.0 Å². The molecule has 2 heterocycles. The van der Waals surface area contributed by atoms with Crippen molar-refractivity contribution in [3.63, 3.8) is 0 Å². The lowest BCUT2D eigenvalue weighted by Crippen LogP contribution is -2.55. The van der Waals surface area contributed by atoms with Crippen molar-refractivity contribution in [2.45, 2.75) is 13.0 Å². The molecule has 3 N–H and O–H groups in total. The molecule has 0 bridgehead atoms. The third kappa shape index (κ3) is 4.10. The number of nitrogen functional groups attached to an aromatic ring is 1. The highest BCUT2D eigenvalue weighted by Gasteiger charge is 2.29. The molecule has 1 fully saturated rings. The monoisotopic (exact) mass is 456 g/mol. The van der Waals surface area contributed by atoms with E-state index >= 15 is 0 Å². The first-order valence-corrected chi connectivity index (χ1v) is 11.2. The number of nitrogens with zero attached hydrogens (tertiary/aromatic N) is 4. The number of nitrogens with two attached hydrogens (primary N) is 1. The van der Waals surface area contributed by atoms with Crippen molar-refractivity contribution >= 4 is 34.0 Å². The minimum atomic E-state index is -0.556. The second-order valence-electron chi connectivity index (χ2n) is 8.44. The van der Waals surface area contributed by atoms with E-state index in [0.29, 0.717) is 25.3 Å². The van der Waals surface area contributed by atoms with E-state index in [1.165, 1.54) is 12.1 Å². The van der Waals surface area contributed by atoms with Crippen molar-refractivity contribution in [2.24, 2.45) is 0 Å². The van der Waals surface area contributed by atoms with E-state index in [9.17, 15) is 9.18 Å². The summed E-state index contributed by atoms with van der Waals surface area (Å²) in [5.41, 5.74) is 7.88. The van der Waals surface area contributed by atoms with E-state index in [0.717, 1.165) is 27.8 Å². The number of halogens is 1. The first kappa shape index (κ1) is 21.6. The van der Waals surface area contributed by atoms with Crippen molar-refractivity contribution in [3.8, 4) is 11.3 Å². The summed E-state index contributed by atoms with van der Waals surface area (Å²) in [6, 6.07) is 21.9. The first-order valence-electron chi connectivity index (χ1n) is 11.2. The summed E-state index contributed by atoms with van der Waals surface area (Å²) in [5.74, 6) is 0.242. The number of urea groups is 1. The van der Waals surface area contributed by atoms with E-state index in [1.54, 1.807) is 11.0 Å². The van der Waals surface area contributed by atoms with Crippen molar-refractivity contribution in [2.75, 3.05) is 35.6 Å². The van der Waals surface area contributed by atoms with Crippen LogP contribution in [0.15, 0.2) is 72.8 Å². The Hall–Kier alpha value is -4.20. The van der Waals surface area contributed by atoms with Gasteiger partial charge in [-0.1, -0.05) is 54.6 Å². The lowest BCUT2D eigenvalue weighted by atomic mass is 10.0. The van der Waals surface area contributed by atoms with Gasteiger partial charge in [0.2, 0.25) is 0 Å². The highest BCUT2D eigenvalue weighted by Crippen LogP contribution is 2.32. The van der Waals surface area contributed by atoms with Crippen LogP contribution >= 0.6 is 0 Å². The standard InChI is InChI=1S/C26H25FN6O/c1-17-16-32(13-14-33(17)26(34)29-23-12-11-19(28)15-22(23)27)25-21-10-6-5-9-20(21)24(30-31-25)18-7-3-2-4-8-18/h2-12,15,17H,13-14,16,28H2,1H3,(H,29,34)/t17-/m0/s1. The molecule has 1 aromatic heterocycles. The first-order chi connectivity index (χ1) is 16.5. The normalized spacial score (nSPS) is 16.0. The molecular weight excluding hydrogens is 431 g/mol. The van der Waals surface area contributed by atoms with Gasteiger partial charge in [-0.25, -0.2) is 9.18 Å². The molecule has 34 heavy (non-hydrogen) atoms. The molecule has 0 spiro atoms. The number of benzene rings is 3. The van der Waals surface area contributed by atoms with E-state index in [-0.39, 0.29) is 17.8 Å². The summed E-state index contributed by atoms with van der Waals surface area (Å²) in [5, 5.41) is 13.9. The molecule has 0 saturated carbocycles. The Kier molecular flexibility index (Phi) is 5.71. The molecule has 0 aliphatic carbocycles. The summed E-state index contributed by atoms with van der Waals surface area (Å²) < 4.78 is 14.1. The smallest absolute Gasteiger partial charge is 0.322 e. The van der Waals surface area contributed by atoms with Crippen LogP contribution in [0.2, 0.25) is 0 Å². The highest BCUT2D eigenvalue weighted by atomic mass is 19.1. The van der Waals surface area contributed by atoms with Gasteiger partial charge >= 0.3 is 6.03 Å². The quantitative estimate of drug-likeness (QED) is 0.434. The van der Waals surface area contributed by atoms with Crippen molar-refractivity contribution in [1.29, 1.82) is 0 Å². The molecule has 1 saturated heterocycles.